The van der Waals surface area contributed by atoms with Gasteiger partial charge >= 0.3 is 0 Å². The largest absolute Gasteiger partial charge is 0.390 e. The highest BCUT2D eigenvalue weighted by Gasteiger charge is 2.37. The third kappa shape index (κ3) is 4.22. The molecular formula is C20H28N2O3. The zero-order valence-corrected chi connectivity index (χ0v) is 14.7. The summed E-state index contributed by atoms with van der Waals surface area (Å²) in [5, 5.41) is 13.1. The summed E-state index contributed by atoms with van der Waals surface area (Å²) in [4.78, 5) is 14.7. The number of fused-ring (bicyclic) bond motifs is 1. The minimum atomic E-state index is -0.693. The summed E-state index contributed by atoms with van der Waals surface area (Å²) in [6, 6.07) is 8.96. The summed E-state index contributed by atoms with van der Waals surface area (Å²) in [7, 11) is 0. The second-order valence-corrected chi connectivity index (χ2v) is 7.69. The molecule has 0 aromatic heterocycles. The van der Waals surface area contributed by atoms with Gasteiger partial charge in [-0.1, -0.05) is 24.3 Å². The quantitative estimate of drug-likeness (QED) is 0.852. The number of aliphatic hydroxyl groups is 1. The number of carbonyl (C=O) groups is 1. The van der Waals surface area contributed by atoms with Crippen molar-refractivity contribution in [1.82, 2.24) is 10.2 Å². The summed E-state index contributed by atoms with van der Waals surface area (Å²) >= 11 is 0. The second kappa shape index (κ2) is 7.44. The molecule has 3 aliphatic rings. The Kier molecular flexibility index (Phi) is 5.06. The lowest BCUT2D eigenvalue weighted by Gasteiger charge is -2.35. The smallest absolute Gasteiger partial charge is 0.252 e. The lowest BCUT2D eigenvalue weighted by molar-refractivity contribution is -0.158. The van der Waals surface area contributed by atoms with Crippen LogP contribution < -0.4 is 5.32 Å². The van der Waals surface area contributed by atoms with Crippen LogP contribution in [0.25, 0.3) is 0 Å². The number of hydrogen-bond acceptors (Lipinski definition) is 4. The first kappa shape index (κ1) is 17.0. The first-order valence-corrected chi connectivity index (χ1v) is 9.62. The number of benzene rings is 1. The van der Waals surface area contributed by atoms with Gasteiger partial charge in [-0.2, -0.15) is 0 Å². The Labute approximate surface area is 149 Å². The summed E-state index contributed by atoms with van der Waals surface area (Å²) in [6.07, 6.45) is 4.31. The molecule has 1 aromatic carbocycles. The molecule has 25 heavy (non-hydrogen) atoms. The van der Waals surface area contributed by atoms with Crippen LogP contribution in [0.1, 0.15) is 43.2 Å². The lowest BCUT2D eigenvalue weighted by Crippen LogP contribution is -2.50. The van der Waals surface area contributed by atoms with Crippen molar-refractivity contribution in [3.63, 3.8) is 0 Å². The standard InChI is InChI=1S/C20H28N2O3/c23-18-8-7-17(25-19(18)20(24)21-16-5-6-16)10-12-22-11-9-14-3-1-2-4-15(14)13-22/h1-4,16-19,23H,5-13H2,(H,21,24)/t17-,18-,19-/m0/s1. The zero-order valence-electron chi connectivity index (χ0n) is 14.7. The molecule has 0 spiro atoms. The zero-order chi connectivity index (χ0) is 17.2. The van der Waals surface area contributed by atoms with Gasteiger partial charge in [-0.05, 0) is 49.7 Å². The lowest BCUT2D eigenvalue weighted by atomic mass is 9.97. The van der Waals surface area contributed by atoms with Crippen molar-refractivity contribution < 1.29 is 14.6 Å². The van der Waals surface area contributed by atoms with E-state index in [0.717, 1.165) is 51.7 Å². The van der Waals surface area contributed by atoms with Crippen LogP contribution in [0.3, 0.4) is 0 Å². The number of nitrogens with one attached hydrogen (secondary N) is 1. The average molecular weight is 344 g/mol. The molecule has 1 saturated carbocycles. The van der Waals surface area contributed by atoms with Gasteiger partial charge in [-0.15, -0.1) is 0 Å². The van der Waals surface area contributed by atoms with Gasteiger partial charge in [0.15, 0.2) is 6.10 Å². The Hall–Kier alpha value is -1.43. The molecule has 2 heterocycles. The highest BCUT2D eigenvalue weighted by atomic mass is 16.5. The van der Waals surface area contributed by atoms with Gasteiger partial charge < -0.3 is 15.2 Å². The maximum absolute atomic E-state index is 12.2. The fourth-order valence-corrected chi connectivity index (χ4v) is 3.91. The number of rotatable bonds is 5. The van der Waals surface area contributed by atoms with Crippen LogP contribution in [0.5, 0.6) is 0 Å². The summed E-state index contributed by atoms with van der Waals surface area (Å²) in [6.45, 7) is 3.06. The molecule has 2 aliphatic heterocycles. The highest BCUT2D eigenvalue weighted by Crippen LogP contribution is 2.25. The molecule has 0 bridgehead atoms. The topological polar surface area (TPSA) is 61.8 Å². The van der Waals surface area contributed by atoms with Gasteiger partial charge in [0.2, 0.25) is 0 Å². The van der Waals surface area contributed by atoms with E-state index < -0.39 is 12.2 Å². The Balaban J connectivity index is 1.27. The van der Waals surface area contributed by atoms with E-state index in [1.165, 1.54) is 11.1 Å². The molecular weight excluding hydrogens is 316 g/mol. The summed E-state index contributed by atoms with van der Waals surface area (Å²) < 4.78 is 5.96. The molecule has 4 rings (SSSR count). The molecule has 3 atom stereocenters. The van der Waals surface area contributed by atoms with Gasteiger partial charge in [-0.25, -0.2) is 0 Å². The molecule has 5 nitrogen and oxygen atoms in total. The normalized spacial score (nSPS) is 29.9. The molecule has 0 radical (unpaired) electrons. The number of amides is 1. The maximum atomic E-state index is 12.2. The van der Waals surface area contributed by atoms with Crippen molar-refractivity contribution >= 4 is 5.91 Å². The SMILES string of the molecule is O=C(NC1CC1)[C@H]1O[C@H](CCN2CCc3ccccc3C2)CC[C@@H]1O. The maximum Gasteiger partial charge on any atom is 0.252 e. The molecule has 0 unspecified atom stereocenters. The minimum absolute atomic E-state index is 0.0653. The predicted molar refractivity (Wildman–Crippen MR) is 95.1 cm³/mol. The Morgan fingerprint density at radius 3 is 2.80 bits per heavy atom. The van der Waals surface area contributed by atoms with Crippen LogP contribution in [0.15, 0.2) is 24.3 Å². The minimum Gasteiger partial charge on any atom is -0.390 e. The van der Waals surface area contributed by atoms with E-state index in [1.54, 1.807) is 0 Å². The molecule has 1 aromatic rings. The van der Waals surface area contributed by atoms with E-state index in [4.69, 9.17) is 4.74 Å². The highest BCUT2D eigenvalue weighted by molar-refractivity contribution is 5.82. The van der Waals surface area contributed by atoms with E-state index in [2.05, 4.69) is 34.5 Å². The number of nitrogens with zero attached hydrogens (tertiary/aromatic N) is 1. The predicted octanol–water partition coefficient (Wildman–Crippen LogP) is 1.62. The van der Waals surface area contributed by atoms with Crippen molar-refractivity contribution in [2.45, 2.75) is 69.4 Å². The van der Waals surface area contributed by atoms with Crippen molar-refractivity contribution in [2.75, 3.05) is 13.1 Å². The Bertz CT molecular complexity index is 617. The van der Waals surface area contributed by atoms with Crippen LogP contribution in [-0.4, -0.2) is 53.4 Å². The van der Waals surface area contributed by atoms with Crippen molar-refractivity contribution in [1.29, 1.82) is 0 Å². The molecule has 2 fully saturated rings. The van der Waals surface area contributed by atoms with Gasteiger partial charge in [0.1, 0.15) is 0 Å². The van der Waals surface area contributed by atoms with Crippen LogP contribution in [0, 0.1) is 0 Å². The number of hydrogen-bond donors (Lipinski definition) is 2. The first-order chi connectivity index (χ1) is 12.2. The van der Waals surface area contributed by atoms with Crippen LogP contribution in [-0.2, 0) is 22.5 Å². The first-order valence-electron chi connectivity index (χ1n) is 9.62. The number of carbonyl (C=O) groups excluding carboxylic acids is 1. The number of ether oxygens (including phenoxy) is 1. The summed E-state index contributed by atoms with van der Waals surface area (Å²) in [5.74, 6) is -0.133. The van der Waals surface area contributed by atoms with Crippen molar-refractivity contribution in [3.05, 3.63) is 35.4 Å². The van der Waals surface area contributed by atoms with E-state index in [1.807, 2.05) is 0 Å². The fraction of sp³-hybridized carbons (Fsp3) is 0.650. The molecule has 2 N–H and O–H groups in total. The van der Waals surface area contributed by atoms with Crippen molar-refractivity contribution in [2.24, 2.45) is 0 Å². The third-order valence-electron chi connectivity index (χ3n) is 5.63. The van der Waals surface area contributed by atoms with Crippen LogP contribution in [0.2, 0.25) is 0 Å². The van der Waals surface area contributed by atoms with Crippen LogP contribution in [0.4, 0.5) is 0 Å². The van der Waals surface area contributed by atoms with Gasteiger partial charge in [-0.3, -0.25) is 9.69 Å². The molecule has 1 amide bonds. The van der Waals surface area contributed by atoms with E-state index in [9.17, 15) is 9.90 Å². The second-order valence-electron chi connectivity index (χ2n) is 7.69. The molecule has 1 saturated heterocycles. The van der Waals surface area contributed by atoms with Gasteiger partial charge in [0.05, 0.1) is 12.2 Å². The molecule has 1 aliphatic carbocycles. The Morgan fingerprint density at radius 2 is 2.00 bits per heavy atom. The molecule has 5 heteroatoms. The van der Waals surface area contributed by atoms with Gasteiger partial charge in [0.25, 0.3) is 5.91 Å². The van der Waals surface area contributed by atoms with E-state index >= 15 is 0 Å². The molecule has 136 valence electrons. The Morgan fingerprint density at radius 1 is 1.20 bits per heavy atom. The fourth-order valence-electron chi connectivity index (χ4n) is 3.91. The van der Waals surface area contributed by atoms with Crippen LogP contribution >= 0.6 is 0 Å². The van der Waals surface area contributed by atoms with Gasteiger partial charge in [0, 0.05) is 25.7 Å². The summed E-state index contributed by atoms with van der Waals surface area (Å²) in [5.41, 5.74) is 2.89. The monoisotopic (exact) mass is 344 g/mol. The van der Waals surface area contributed by atoms with Crippen molar-refractivity contribution in [3.8, 4) is 0 Å². The van der Waals surface area contributed by atoms with E-state index in [-0.39, 0.29) is 12.0 Å². The average Bonchev–Trinajstić information content (AvgIpc) is 3.44. The number of aliphatic hydroxyl groups excluding tert-OH is 1. The van der Waals surface area contributed by atoms with E-state index in [0.29, 0.717) is 12.5 Å². The third-order valence-corrected chi connectivity index (χ3v) is 5.63.